The third-order valence-corrected chi connectivity index (χ3v) is 5.89. The first-order valence-electron chi connectivity index (χ1n) is 8.03. The largest absolute Gasteiger partial charge is 0.296 e. The summed E-state index contributed by atoms with van der Waals surface area (Å²) in [6.45, 7) is 0. The lowest BCUT2D eigenvalue weighted by Gasteiger charge is -2.00. The van der Waals surface area contributed by atoms with Crippen molar-refractivity contribution >= 4 is 49.3 Å². The zero-order valence-electron chi connectivity index (χ0n) is 14.5. The predicted octanol–water partition coefficient (Wildman–Crippen LogP) is 3.77. The maximum atomic E-state index is 12.7. The smallest absolute Gasteiger partial charge is 0.278 e. The Bertz CT molecular complexity index is 1290. The van der Waals surface area contributed by atoms with Gasteiger partial charge in [0.2, 0.25) is 15.0 Å². The van der Waals surface area contributed by atoms with Crippen LogP contribution in [0.3, 0.4) is 0 Å². The predicted molar refractivity (Wildman–Crippen MR) is 109 cm³/mol. The fourth-order valence-corrected chi connectivity index (χ4v) is 4.29. The first-order chi connectivity index (χ1) is 13.3. The van der Waals surface area contributed by atoms with Gasteiger partial charge in [-0.2, -0.15) is 0 Å². The van der Waals surface area contributed by atoms with Gasteiger partial charge in [0.05, 0.1) is 11.2 Å². The second kappa shape index (κ2) is 7.01. The van der Waals surface area contributed by atoms with Crippen LogP contribution >= 0.6 is 22.9 Å². The van der Waals surface area contributed by atoms with E-state index in [2.05, 4.69) is 15.3 Å². The van der Waals surface area contributed by atoms with Gasteiger partial charge in [0, 0.05) is 28.4 Å². The van der Waals surface area contributed by atoms with Crippen LogP contribution in [-0.4, -0.2) is 34.9 Å². The molecule has 0 aliphatic heterocycles. The molecule has 0 saturated heterocycles. The van der Waals surface area contributed by atoms with Crippen LogP contribution in [0.25, 0.3) is 16.8 Å². The third kappa shape index (κ3) is 3.51. The summed E-state index contributed by atoms with van der Waals surface area (Å²) < 4.78 is 25.4. The quantitative estimate of drug-likeness (QED) is 0.529. The van der Waals surface area contributed by atoms with E-state index in [-0.39, 0.29) is 10.9 Å². The van der Waals surface area contributed by atoms with Crippen molar-refractivity contribution in [2.45, 2.75) is 5.16 Å². The van der Waals surface area contributed by atoms with E-state index >= 15 is 0 Å². The Morgan fingerprint density at radius 3 is 2.61 bits per heavy atom. The van der Waals surface area contributed by atoms with Crippen molar-refractivity contribution in [2.75, 3.05) is 11.6 Å². The number of halogens is 1. The number of nitrogens with one attached hydrogen (secondary N) is 1. The highest BCUT2D eigenvalue weighted by molar-refractivity contribution is 7.90. The highest BCUT2D eigenvalue weighted by Crippen LogP contribution is 2.27. The van der Waals surface area contributed by atoms with Gasteiger partial charge in [-0.15, -0.1) is 11.3 Å². The molecule has 0 bridgehead atoms. The van der Waals surface area contributed by atoms with Gasteiger partial charge in [-0.3, -0.25) is 14.5 Å². The van der Waals surface area contributed by atoms with Crippen LogP contribution in [0.15, 0.2) is 59.2 Å². The summed E-state index contributed by atoms with van der Waals surface area (Å²) >= 11 is 7.16. The minimum absolute atomic E-state index is 0.0178. The molecule has 1 aromatic carbocycles. The highest BCUT2D eigenvalue weighted by atomic mass is 35.5. The van der Waals surface area contributed by atoms with Crippen LogP contribution in [0, 0.1) is 0 Å². The molecular formula is C18H13ClN4O3S2. The molecule has 0 fully saturated rings. The van der Waals surface area contributed by atoms with E-state index in [1.807, 2.05) is 17.5 Å². The lowest BCUT2D eigenvalue weighted by atomic mass is 10.2. The summed E-state index contributed by atoms with van der Waals surface area (Å²) in [7, 11) is -3.60. The van der Waals surface area contributed by atoms with Crippen LogP contribution in [0.2, 0.25) is 5.02 Å². The molecule has 7 nitrogen and oxygen atoms in total. The molecular weight excluding hydrogens is 420 g/mol. The van der Waals surface area contributed by atoms with Crippen LogP contribution in [0.4, 0.5) is 5.13 Å². The fraction of sp³-hybridized carbons (Fsp3) is 0.0556. The summed E-state index contributed by atoms with van der Waals surface area (Å²) in [6.07, 6.45) is 2.60. The molecule has 0 unspecified atom stereocenters. The number of imidazole rings is 1. The summed E-state index contributed by atoms with van der Waals surface area (Å²) in [5.74, 6) is -0.532. The first kappa shape index (κ1) is 18.6. The number of amides is 1. The van der Waals surface area contributed by atoms with Crippen LogP contribution in [0.1, 0.15) is 10.5 Å². The van der Waals surface area contributed by atoms with Crippen molar-refractivity contribution in [1.29, 1.82) is 0 Å². The maximum absolute atomic E-state index is 12.7. The number of rotatable bonds is 4. The van der Waals surface area contributed by atoms with E-state index in [0.29, 0.717) is 21.4 Å². The average molecular weight is 433 g/mol. The lowest BCUT2D eigenvalue weighted by molar-refractivity contribution is 0.102. The van der Waals surface area contributed by atoms with Gasteiger partial charge in [-0.1, -0.05) is 29.8 Å². The molecule has 3 heterocycles. The van der Waals surface area contributed by atoms with Crippen LogP contribution in [-0.2, 0) is 9.84 Å². The Kier molecular flexibility index (Phi) is 4.66. The number of carbonyl (C=O) groups excluding carboxylic acids is 1. The molecule has 4 rings (SSSR count). The van der Waals surface area contributed by atoms with E-state index in [9.17, 15) is 13.2 Å². The summed E-state index contributed by atoms with van der Waals surface area (Å²) in [5, 5.41) is 5.32. The molecule has 10 heteroatoms. The summed E-state index contributed by atoms with van der Waals surface area (Å²) in [6, 6.07) is 12.2. The van der Waals surface area contributed by atoms with Gasteiger partial charge in [0.15, 0.2) is 10.8 Å². The van der Waals surface area contributed by atoms with E-state index in [4.69, 9.17) is 11.6 Å². The van der Waals surface area contributed by atoms with E-state index in [1.165, 1.54) is 15.7 Å². The minimum atomic E-state index is -3.60. The molecule has 0 radical (unpaired) electrons. The third-order valence-electron chi connectivity index (χ3n) is 3.93. The molecule has 0 aliphatic carbocycles. The summed E-state index contributed by atoms with van der Waals surface area (Å²) in [4.78, 5) is 21.2. The molecule has 0 spiro atoms. The van der Waals surface area contributed by atoms with Gasteiger partial charge in [0.1, 0.15) is 0 Å². The number of anilines is 1. The Morgan fingerprint density at radius 1 is 1.14 bits per heavy atom. The SMILES string of the molecule is CS(=O)(=O)c1nc(C(=O)Nc2nc(-c3ccc(Cl)cc3)cs2)c2ccccn12. The molecule has 4 aromatic rings. The normalized spacial score (nSPS) is 11.6. The van der Waals surface area contributed by atoms with E-state index in [1.54, 1.807) is 36.5 Å². The van der Waals surface area contributed by atoms with Crippen molar-refractivity contribution < 1.29 is 13.2 Å². The number of hydrogen-bond donors (Lipinski definition) is 1. The first-order valence-corrected chi connectivity index (χ1v) is 11.2. The average Bonchev–Trinajstić information content (AvgIpc) is 3.26. The maximum Gasteiger partial charge on any atom is 0.278 e. The Labute approximate surface area is 169 Å². The van der Waals surface area contributed by atoms with Crippen molar-refractivity contribution in [3.63, 3.8) is 0 Å². The van der Waals surface area contributed by atoms with Crippen LogP contribution < -0.4 is 5.32 Å². The molecule has 1 N–H and O–H groups in total. The Hall–Kier alpha value is -2.75. The number of pyridine rings is 1. The minimum Gasteiger partial charge on any atom is -0.296 e. The van der Waals surface area contributed by atoms with Crippen molar-refractivity contribution in [1.82, 2.24) is 14.4 Å². The number of benzene rings is 1. The van der Waals surface area contributed by atoms with E-state index < -0.39 is 15.7 Å². The number of carbonyl (C=O) groups is 1. The fourth-order valence-electron chi connectivity index (χ4n) is 2.68. The second-order valence-electron chi connectivity index (χ2n) is 5.97. The molecule has 1 amide bonds. The Morgan fingerprint density at radius 2 is 1.89 bits per heavy atom. The van der Waals surface area contributed by atoms with Crippen molar-refractivity contribution in [3.05, 3.63) is 64.8 Å². The molecule has 0 atom stereocenters. The van der Waals surface area contributed by atoms with Gasteiger partial charge in [0.25, 0.3) is 5.91 Å². The molecule has 0 saturated carbocycles. The number of sulfone groups is 1. The molecule has 3 aromatic heterocycles. The highest BCUT2D eigenvalue weighted by Gasteiger charge is 2.23. The standard InChI is InChI=1S/C18H13ClN4O3S2/c1-28(25,26)18-21-15(14-4-2-3-9-23(14)18)16(24)22-17-20-13(10-27-17)11-5-7-12(19)8-6-11/h2-10H,1H3,(H,20,22,24). The topological polar surface area (TPSA) is 93.4 Å². The van der Waals surface area contributed by atoms with Gasteiger partial charge < -0.3 is 0 Å². The van der Waals surface area contributed by atoms with E-state index in [0.717, 1.165) is 11.8 Å². The second-order valence-corrected chi connectivity index (χ2v) is 9.17. The van der Waals surface area contributed by atoms with Gasteiger partial charge in [-0.05, 0) is 24.3 Å². The number of hydrogen-bond acceptors (Lipinski definition) is 6. The number of thiazole rings is 1. The van der Waals surface area contributed by atoms with Crippen LogP contribution in [0.5, 0.6) is 0 Å². The van der Waals surface area contributed by atoms with Gasteiger partial charge in [-0.25, -0.2) is 18.4 Å². The number of aromatic nitrogens is 3. The zero-order valence-corrected chi connectivity index (χ0v) is 16.8. The van der Waals surface area contributed by atoms with Crippen molar-refractivity contribution in [2.24, 2.45) is 0 Å². The molecule has 28 heavy (non-hydrogen) atoms. The summed E-state index contributed by atoms with van der Waals surface area (Å²) in [5.41, 5.74) is 1.98. The Balaban J connectivity index is 1.66. The molecule has 0 aliphatic rings. The van der Waals surface area contributed by atoms with Gasteiger partial charge >= 0.3 is 0 Å². The zero-order chi connectivity index (χ0) is 19.9. The number of fused-ring (bicyclic) bond motifs is 1. The number of nitrogens with zero attached hydrogens (tertiary/aromatic N) is 3. The monoisotopic (exact) mass is 432 g/mol. The van der Waals surface area contributed by atoms with Crippen molar-refractivity contribution in [3.8, 4) is 11.3 Å². The molecule has 142 valence electrons. The lowest BCUT2D eigenvalue weighted by Crippen LogP contribution is -2.13.